The van der Waals surface area contributed by atoms with Crippen molar-refractivity contribution in [3.05, 3.63) is 24.3 Å². The van der Waals surface area contributed by atoms with E-state index in [1.54, 1.807) is 16.9 Å². The fraction of sp³-hybridized carbons (Fsp3) is 0.556. The molecule has 2 aromatic rings. The molecule has 0 saturated carbocycles. The van der Waals surface area contributed by atoms with Gasteiger partial charge in [0.05, 0.1) is 0 Å². The van der Waals surface area contributed by atoms with Gasteiger partial charge in [0.25, 0.3) is 0 Å². The van der Waals surface area contributed by atoms with Crippen molar-refractivity contribution in [2.75, 3.05) is 13.7 Å². The molecule has 2 aromatic heterocycles. The molecule has 3 heterocycles. The first-order valence-corrected chi connectivity index (χ1v) is 11.4. The Balaban J connectivity index is 1.92. The van der Waals surface area contributed by atoms with Crippen LogP contribution in [0, 0.1) is 5.82 Å². The second-order valence-electron chi connectivity index (χ2n) is 7.28. The summed E-state index contributed by atoms with van der Waals surface area (Å²) in [6, 6.07) is 1.57. The van der Waals surface area contributed by atoms with Crippen LogP contribution in [0.25, 0.3) is 11.1 Å². The monoisotopic (exact) mass is 453 g/mol. The van der Waals surface area contributed by atoms with Gasteiger partial charge < -0.3 is 0 Å². The number of methoxy groups -OCH3 is 1. The van der Waals surface area contributed by atoms with Gasteiger partial charge in [-0.1, -0.05) is 0 Å². The van der Waals surface area contributed by atoms with E-state index in [1.807, 2.05) is 6.20 Å². The molecule has 0 N–H and O–H groups in total. The van der Waals surface area contributed by atoms with Crippen molar-refractivity contribution >= 4 is 24.9 Å². The number of ether oxygens (including phenoxy) is 2. The number of pyridine rings is 1. The van der Waals surface area contributed by atoms with Gasteiger partial charge in [-0.25, -0.2) is 0 Å². The van der Waals surface area contributed by atoms with E-state index in [0.717, 1.165) is 29.6 Å². The van der Waals surface area contributed by atoms with Crippen LogP contribution in [-0.2, 0) is 4.74 Å². The van der Waals surface area contributed by atoms with Gasteiger partial charge in [-0.05, 0) is 0 Å². The maximum atomic E-state index is 14.8. The molecule has 1 aliphatic rings. The first-order valence-electron chi connectivity index (χ1n) is 8.56. The van der Waals surface area contributed by atoms with Gasteiger partial charge in [-0.3, -0.25) is 0 Å². The molecule has 0 aromatic carbocycles. The summed E-state index contributed by atoms with van der Waals surface area (Å²) in [5.41, 5.74) is 1.05. The molecular formula is C18H24FN3O2Sn. The normalized spacial score (nSPS) is 18.4. The SMILES string of the molecule is COc1n[c]([Sn][C](C)(C)C)cc(F)c1-c1cnn(C2CCCCO2)c1. The molecule has 1 fully saturated rings. The zero-order valence-electron chi connectivity index (χ0n) is 15.2. The predicted octanol–water partition coefficient (Wildman–Crippen LogP) is 3.34. The quantitative estimate of drug-likeness (QED) is 0.669. The fourth-order valence-electron chi connectivity index (χ4n) is 2.91. The minimum absolute atomic E-state index is 0.0706. The summed E-state index contributed by atoms with van der Waals surface area (Å²) in [5, 5.41) is 4.37. The van der Waals surface area contributed by atoms with Crippen molar-refractivity contribution in [2.24, 2.45) is 0 Å². The van der Waals surface area contributed by atoms with Crippen LogP contribution in [0.4, 0.5) is 4.39 Å². The summed E-state index contributed by atoms with van der Waals surface area (Å²) in [7, 11) is 1.53. The van der Waals surface area contributed by atoms with Gasteiger partial charge in [0.1, 0.15) is 0 Å². The Bertz CT molecular complexity index is 736. The van der Waals surface area contributed by atoms with Gasteiger partial charge in [0, 0.05) is 0 Å². The molecular weight excluding hydrogens is 428 g/mol. The van der Waals surface area contributed by atoms with Crippen LogP contribution in [0.1, 0.15) is 46.3 Å². The number of halogens is 1. The van der Waals surface area contributed by atoms with E-state index in [4.69, 9.17) is 9.47 Å². The molecule has 0 spiro atoms. The molecule has 0 bridgehead atoms. The van der Waals surface area contributed by atoms with Crippen molar-refractivity contribution in [3.63, 3.8) is 0 Å². The Labute approximate surface area is 158 Å². The molecule has 2 radical (unpaired) electrons. The zero-order chi connectivity index (χ0) is 18.0. The third-order valence-electron chi connectivity index (χ3n) is 3.98. The molecule has 5 nitrogen and oxygen atoms in total. The Morgan fingerprint density at radius 3 is 2.80 bits per heavy atom. The number of aromatic nitrogens is 3. The summed E-state index contributed by atoms with van der Waals surface area (Å²) >= 11 is -1.01. The van der Waals surface area contributed by atoms with Crippen molar-refractivity contribution in [1.29, 1.82) is 0 Å². The van der Waals surface area contributed by atoms with Crippen LogP contribution in [0.15, 0.2) is 18.5 Å². The van der Waals surface area contributed by atoms with E-state index in [2.05, 4.69) is 30.9 Å². The van der Waals surface area contributed by atoms with Crippen LogP contribution in [0.5, 0.6) is 5.88 Å². The van der Waals surface area contributed by atoms with E-state index in [-0.39, 0.29) is 15.5 Å². The van der Waals surface area contributed by atoms with Crippen LogP contribution in [0.2, 0.25) is 3.43 Å². The first kappa shape index (κ1) is 18.6. The van der Waals surface area contributed by atoms with Crippen LogP contribution >= 0.6 is 0 Å². The molecule has 1 unspecified atom stereocenters. The molecule has 1 saturated heterocycles. The number of nitrogens with zero attached hydrogens (tertiary/aromatic N) is 3. The summed E-state index contributed by atoms with van der Waals surface area (Å²) < 4.78 is 28.8. The number of hydrogen-bond acceptors (Lipinski definition) is 4. The fourth-order valence-corrected chi connectivity index (χ4v) is 6.12. The molecule has 0 aliphatic carbocycles. The molecule has 3 rings (SSSR count). The Morgan fingerprint density at radius 2 is 2.16 bits per heavy atom. The maximum absolute atomic E-state index is 14.8. The van der Waals surface area contributed by atoms with Crippen LogP contribution in [0.3, 0.4) is 0 Å². The minimum atomic E-state index is -1.01. The average Bonchev–Trinajstić information content (AvgIpc) is 3.03. The Kier molecular flexibility index (Phi) is 5.68. The van der Waals surface area contributed by atoms with Gasteiger partial charge in [0.2, 0.25) is 0 Å². The van der Waals surface area contributed by atoms with E-state index in [9.17, 15) is 4.39 Å². The third kappa shape index (κ3) is 4.53. The standard InChI is InChI=1S/C14H15FN3O2.C4H9.Sn/c1-19-14-13(11(15)5-6-16-14)10-8-17-18(9-10)12-4-2-3-7-20-12;1-4(2)3;/h5,8-9,12H,2-4,7H2,1H3;1-3H3;. The van der Waals surface area contributed by atoms with Crippen molar-refractivity contribution in [1.82, 2.24) is 14.8 Å². The van der Waals surface area contributed by atoms with Crippen LogP contribution in [-0.4, -0.2) is 49.6 Å². The van der Waals surface area contributed by atoms with Crippen molar-refractivity contribution in [3.8, 4) is 17.0 Å². The number of rotatable bonds is 4. The first-order chi connectivity index (χ1) is 11.9. The topological polar surface area (TPSA) is 49.2 Å². The Morgan fingerprint density at radius 1 is 1.36 bits per heavy atom. The van der Waals surface area contributed by atoms with E-state index >= 15 is 0 Å². The second kappa shape index (κ2) is 7.61. The molecule has 1 atom stereocenters. The van der Waals surface area contributed by atoms with Gasteiger partial charge in [-0.2, -0.15) is 0 Å². The number of hydrogen-bond donors (Lipinski definition) is 0. The summed E-state index contributed by atoms with van der Waals surface area (Å²) in [4.78, 5) is 4.58. The Hall–Kier alpha value is -1.15. The molecule has 25 heavy (non-hydrogen) atoms. The molecule has 0 amide bonds. The summed E-state index contributed by atoms with van der Waals surface area (Å²) in [6.07, 6.45) is 6.53. The van der Waals surface area contributed by atoms with Gasteiger partial charge in [-0.15, -0.1) is 0 Å². The van der Waals surface area contributed by atoms with Gasteiger partial charge in [0.15, 0.2) is 0 Å². The van der Waals surface area contributed by atoms with Gasteiger partial charge >= 0.3 is 158 Å². The molecule has 1 aliphatic heterocycles. The van der Waals surface area contributed by atoms with Crippen LogP contribution < -0.4 is 8.45 Å². The van der Waals surface area contributed by atoms with Crippen molar-refractivity contribution in [2.45, 2.75) is 49.7 Å². The molecule has 7 heteroatoms. The van der Waals surface area contributed by atoms with E-state index < -0.39 is 21.1 Å². The summed E-state index contributed by atoms with van der Waals surface area (Å²) in [6.45, 7) is 7.26. The second-order valence-corrected chi connectivity index (χ2v) is 13.7. The van der Waals surface area contributed by atoms with E-state index in [1.165, 1.54) is 7.11 Å². The summed E-state index contributed by atoms with van der Waals surface area (Å²) in [5.74, 6) is 0.0420. The average molecular weight is 452 g/mol. The predicted molar refractivity (Wildman–Crippen MR) is 95.9 cm³/mol. The third-order valence-corrected chi connectivity index (χ3v) is 7.58. The van der Waals surface area contributed by atoms with Crippen molar-refractivity contribution < 1.29 is 13.9 Å². The zero-order valence-corrected chi connectivity index (χ0v) is 18.0. The van der Waals surface area contributed by atoms with E-state index in [0.29, 0.717) is 17.0 Å². The molecule has 134 valence electrons.